The first kappa shape index (κ1) is 7.69. The zero-order chi connectivity index (χ0) is 7.90. The van der Waals surface area contributed by atoms with Gasteiger partial charge >= 0.3 is 0 Å². The van der Waals surface area contributed by atoms with E-state index in [1.54, 1.807) is 0 Å². The fourth-order valence-corrected chi connectivity index (χ4v) is 5.54. The number of hydrogen-bond donors (Lipinski definition) is 0. The van der Waals surface area contributed by atoms with Gasteiger partial charge in [0.1, 0.15) is 0 Å². The summed E-state index contributed by atoms with van der Waals surface area (Å²) in [6.45, 7) is 4.56. The van der Waals surface area contributed by atoms with Crippen molar-refractivity contribution in [2.24, 2.45) is 0 Å². The molecule has 1 nitrogen and oxygen atoms in total. The lowest BCUT2D eigenvalue weighted by atomic mass is 10.3. The SMILES string of the molecule is CC/C=C(\CC)S12CN(C1)C2. The Kier molecular flexibility index (Phi) is 1.77. The van der Waals surface area contributed by atoms with Crippen LogP contribution in [0.5, 0.6) is 0 Å². The lowest BCUT2D eigenvalue weighted by Crippen LogP contribution is -2.60. The van der Waals surface area contributed by atoms with Gasteiger partial charge in [-0.1, -0.05) is 19.9 Å². The van der Waals surface area contributed by atoms with Crippen molar-refractivity contribution in [3.05, 3.63) is 11.0 Å². The van der Waals surface area contributed by atoms with Gasteiger partial charge in [-0.25, -0.2) is 0 Å². The Morgan fingerprint density at radius 2 is 2.00 bits per heavy atom. The van der Waals surface area contributed by atoms with Gasteiger partial charge in [0.15, 0.2) is 0 Å². The van der Waals surface area contributed by atoms with Crippen molar-refractivity contribution in [2.45, 2.75) is 26.7 Å². The fraction of sp³-hybridized carbons (Fsp3) is 0.778. The minimum atomic E-state index is -0.161. The molecule has 3 fully saturated rings. The molecule has 0 unspecified atom stereocenters. The molecule has 3 saturated heterocycles. The minimum absolute atomic E-state index is 0.161. The van der Waals surface area contributed by atoms with Gasteiger partial charge in [-0.3, -0.25) is 4.90 Å². The lowest BCUT2D eigenvalue weighted by Gasteiger charge is -2.69. The summed E-state index contributed by atoms with van der Waals surface area (Å²) in [4.78, 5) is 4.36. The van der Waals surface area contributed by atoms with Crippen molar-refractivity contribution >= 4 is 10.0 Å². The molecule has 0 amide bonds. The molecule has 0 aromatic heterocycles. The molecule has 0 aromatic rings. The van der Waals surface area contributed by atoms with E-state index in [1.807, 2.05) is 4.91 Å². The summed E-state index contributed by atoms with van der Waals surface area (Å²) in [5.41, 5.74) is 0. The Morgan fingerprint density at radius 1 is 1.36 bits per heavy atom. The molecule has 0 aliphatic carbocycles. The molecule has 3 heterocycles. The highest BCUT2D eigenvalue weighted by molar-refractivity contribution is 8.39. The van der Waals surface area contributed by atoms with Gasteiger partial charge in [-0.2, -0.15) is 10.0 Å². The van der Waals surface area contributed by atoms with Crippen LogP contribution in [0.25, 0.3) is 0 Å². The summed E-state index contributed by atoms with van der Waals surface area (Å²) in [7, 11) is -0.161. The van der Waals surface area contributed by atoms with Crippen molar-refractivity contribution in [3.63, 3.8) is 0 Å². The molecule has 2 heteroatoms. The number of rotatable bonds is 3. The van der Waals surface area contributed by atoms with Crippen molar-refractivity contribution in [1.29, 1.82) is 0 Å². The molecule has 0 aromatic carbocycles. The number of nitrogens with zero attached hydrogens (tertiary/aromatic N) is 1. The maximum atomic E-state index is 2.55. The number of hydrogen-bond acceptors (Lipinski definition) is 1. The predicted molar refractivity (Wildman–Crippen MR) is 52.7 cm³/mol. The first-order valence-corrected chi connectivity index (χ1v) is 6.62. The quantitative estimate of drug-likeness (QED) is 0.631. The van der Waals surface area contributed by atoms with Crippen LogP contribution < -0.4 is 0 Å². The summed E-state index contributed by atoms with van der Waals surface area (Å²) in [6, 6.07) is 0. The molecule has 2 bridgehead atoms. The summed E-state index contributed by atoms with van der Waals surface area (Å²) < 4.78 is 0. The van der Waals surface area contributed by atoms with Crippen LogP contribution in [0.1, 0.15) is 26.7 Å². The highest BCUT2D eigenvalue weighted by atomic mass is 32.3. The normalized spacial score (nSPS) is 47.1. The minimum Gasteiger partial charge on any atom is -0.279 e. The Hall–Kier alpha value is 0.0500. The molecule has 0 spiro atoms. The molecule has 64 valence electrons. The molecule has 3 aliphatic rings. The zero-order valence-corrected chi connectivity index (χ0v) is 8.28. The summed E-state index contributed by atoms with van der Waals surface area (Å²) in [5, 5.41) is 0. The Balaban J connectivity index is 2.05. The molecule has 3 rings (SSSR count). The standard InChI is InChI=1S/C9H17NS/c1-3-5-9(4-2)11-6-10(7-11)8-11/h5H,3-4,6-8H2,1-2H3/b9-5+. The molecule has 0 saturated carbocycles. The van der Waals surface area contributed by atoms with E-state index < -0.39 is 0 Å². The monoisotopic (exact) mass is 171 g/mol. The molecular formula is C9H17NS. The van der Waals surface area contributed by atoms with Gasteiger partial charge in [0.2, 0.25) is 0 Å². The second kappa shape index (κ2) is 2.53. The summed E-state index contributed by atoms with van der Waals surface area (Å²) in [5.74, 6) is 4.31. The van der Waals surface area contributed by atoms with Crippen molar-refractivity contribution in [3.8, 4) is 0 Å². The van der Waals surface area contributed by atoms with Crippen LogP contribution in [0.3, 0.4) is 0 Å². The molecule has 0 atom stereocenters. The van der Waals surface area contributed by atoms with E-state index in [0.29, 0.717) is 0 Å². The van der Waals surface area contributed by atoms with Gasteiger partial charge < -0.3 is 0 Å². The number of allylic oxidation sites excluding steroid dienone is 2. The van der Waals surface area contributed by atoms with E-state index in [-0.39, 0.29) is 10.0 Å². The van der Waals surface area contributed by atoms with Crippen LogP contribution in [-0.2, 0) is 0 Å². The molecule has 0 N–H and O–H groups in total. The third kappa shape index (κ3) is 0.960. The molecule has 0 radical (unpaired) electrons. The van der Waals surface area contributed by atoms with Crippen LogP contribution in [0.4, 0.5) is 0 Å². The van der Waals surface area contributed by atoms with Gasteiger partial charge in [0.25, 0.3) is 0 Å². The van der Waals surface area contributed by atoms with Crippen LogP contribution >= 0.6 is 10.0 Å². The molecular weight excluding hydrogens is 154 g/mol. The lowest BCUT2D eigenvalue weighted by molar-refractivity contribution is 0.330. The van der Waals surface area contributed by atoms with Gasteiger partial charge in [-0.15, -0.1) is 0 Å². The predicted octanol–water partition coefficient (Wildman–Crippen LogP) is 2.70. The first-order chi connectivity index (χ1) is 5.30. The Morgan fingerprint density at radius 3 is 2.27 bits per heavy atom. The fourth-order valence-electron chi connectivity index (χ4n) is 2.04. The van der Waals surface area contributed by atoms with E-state index >= 15 is 0 Å². The first-order valence-electron chi connectivity index (χ1n) is 4.48. The Bertz CT molecular complexity index is 181. The van der Waals surface area contributed by atoms with Crippen LogP contribution in [0.2, 0.25) is 0 Å². The zero-order valence-electron chi connectivity index (χ0n) is 7.47. The van der Waals surface area contributed by atoms with Crippen LogP contribution in [0.15, 0.2) is 11.0 Å². The van der Waals surface area contributed by atoms with Crippen molar-refractivity contribution in [2.75, 3.05) is 17.6 Å². The van der Waals surface area contributed by atoms with Gasteiger partial charge in [-0.05, 0) is 17.7 Å². The highest BCUT2D eigenvalue weighted by Crippen LogP contribution is 2.73. The van der Waals surface area contributed by atoms with Crippen LogP contribution in [0, 0.1) is 0 Å². The van der Waals surface area contributed by atoms with E-state index in [9.17, 15) is 0 Å². The van der Waals surface area contributed by atoms with Crippen molar-refractivity contribution < 1.29 is 0 Å². The van der Waals surface area contributed by atoms with E-state index in [0.717, 1.165) is 0 Å². The second-order valence-corrected chi connectivity index (χ2v) is 6.93. The average molecular weight is 171 g/mol. The summed E-state index contributed by atoms with van der Waals surface area (Å²) in [6.07, 6.45) is 5.01. The van der Waals surface area contributed by atoms with E-state index in [2.05, 4.69) is 24.8 Å². The topological polar surface area (TPSA) is 3.24 Å². The average Bonchev–Trinajstić information content (AvgIpc) is 1.80. The van der Waals surface area contributed by atoms with Gasteiger partial charge in [0, 0.05) is 17.6 Å². The molecule has 3 aliphatic heterocycles. The van der Waals surface area contributed by atoms with E-state index in [4.69, 9.17) is 0 Å². The molecule has 11 heavy (non-hydrogen) atoms. The maximum absolute atomic E-state index is 2.55. The van der Waals surface area contributed by atoms with Crippen molar-refractivity contribution in [1.82, 2.24) is 4.90 Å². The maximum Gasteiger partial charge on any atom is 0.0362 e. The largest absolute Gasteiger partial charge is 0.279 e. The van der Waals surface area contributed by atoms with Gasteiger partial charge in [0.05, 0.1) is 0 Å². The Labute approximate surface area is 70.8 Å². The second-order valence-electron chi connectivity index (χ2n) is 3.54. The smallest absolute Gasteiger partial charge is 0.0362 e. The van der Waals surface area contributed by atoms with E-state index in [1.165, 1.54) is 30.5 Å². The third-order valence-corrected chi connectivity index (χ3v) is 6.77. The van der Waals surface area contributed by atoms with Crippen LogP contribution in [-0.4, -0.2) is 22.5 Å². The summed E-state index contributed by atoms with van der Waals surface area (Å²) >= 11 is 0. The third-order valence-electron chi connectivity index (χ3n) is 2.63. The highest BCUT2D eigenvalue weighted by Gasteiger charge is 2.51.